The van der Waals surface area contributed by atoms with Gasteiger partial charge in [-0.3, -0.25) is 0 Å². The lowest BCUT2D eigenvalue weighted by Crippen LogP contribution is -2.02. The van der Waals surface area contributed by atoms with Crippen molar-refractivity contribution in [1.29, 1.82) is 5.26 Å². The molecule has 0 fully saturated rings. The maximum absolute atomic E-state index is 13.2. The molecule has 1 heterocycles. The van der Waals surface area contributed by atoms with E-state index in [9.17, 15) is 9.65 Å². The Morgan fingerprint density at radius 3 is 2.76 bits per heavy atom. The summed E-state index contributed by atoms with van der Waals surface area (Å²) in [6, 6.07) is 10.3. The molecule has 0 radical (unpaired) electrons. The number of aryl methyl sites for hydroxylation is 1. The zero-order valence-electron chi connectivity index (χ0n) is 9.26. The molecule has 1 unspecified atom stereocenters. The topological polar surface area (TPSA) is 49.6 Å². The van der Waals surface area contributed by atoms with Crippen LogP contribution in [0.15, 0.2) is 36.5 Å². The zero-order valence-corrected chi connectivity index (χ0v) is 9.26. The standard InChI is InChI=1S/C13H10FN3/c1-9-7-10(4-5-12(9)14)11(8-15)13-3-2-6-16-17-13/h2-7,11H,1H3. The van der Waals surface area contributed by atoms with Gasteiger partial charge in [0, 0.05) is 6.20 Å². The van der Waals surface area contributed by atoms with E-state index in [4.69, 9.17) is 0 Å². The van der Waals surface area contributed by atoms with E-state index in [0.29, 0.717) is 11.3 Å². The van der Waals surface area contributed by atoms with Crippen molar-refractivity contribution in [1.82, 2.24) is 10.2 Å². The number of rotatable bonds is 2. The van der Waals surface area contributed by atoms with Crippen LogP contribution in [-0.2, 0) is 0 Å². The first-order valence-electron chi connectivity index (χ1n) is 5.15. The van der Waals surface area contributed by atoms with E-state index in [1.54, 1.807) is 37.4 Å². The summed E-state index contributed by atoms with van der Waals surface area (Å²) in [5, 5.41) is 16.8. The zero-order chi connectivity index (χ0) is 12.3. The van der Waals surface area contributed by atoms with Crippen molar-refractivity contribution >= 4 is 0 Å². The summed E-state index contributed by atoms with van der Waals surface area (Å²) in [7, 11) is 0. The van der Waals surface area contributed by atoms with Gasteiger partial charge in [-0.05, 0) is 36.2 Å². The Kier molecular flexibility index (Phi) is 3.10. The normalized spacial score (nSPS) is 11.8. The number of hydrogen-bond donors (Lipinski definition) is 0. The fourth-order valence-corrected chi connectivity index (χ4v) is 1.63. The third kappa shape index (κ3) is 2.28. The fraction of sp³-hybridized carbons (Fsp3) is 0.154. The van der Waals surface area contributed by atoms with Crippen molar-refractivity contribution < 1.29 is 4.39 Å². The van der Waals surface area contributed by atoms with Gasteiger partial charge in [0.25, 0.3) is 0 Å². The van der Waals surface area contributed by atoms with Crippen LogP contribution >= 0.6 is 0 Å². The van der Waals surface area contributed by atoms with Gasteiger partial charge in [-0.1, -0.05) is 12.1 Å². The highest BCUT2D eigenvalue weighted by Gasteiger charge is 2.15. The summed E-state index contributed by atoms with van der Waals surface area (Å²) < 4.78 is 13.2. The summed E-state index contributed by atoms with van der Waals surface area (Å²) >= 11 is 0. The molecule has 2 aromatic rings. The Labute approximate surface area is 98.5 Å². The number of aromatic nitrogens is 2. The van der Waals surface area contributed by atoms with Gasteiger partial charge in [-0.2, -0.15) is 15.5 Å². The maximum Gasteiger partial charge on any atom is 0.126 e. The van der Waals surface area contributed by atoms with Crippen LogP contribution < -0.4 is 0 Å². The second-order valence-electron chi connectivity index (χ2n) is 3.72. The molecule has 0 bridgehead atoms. The molecule has 0 aliphatic heterocycles. The van der Waals surface area contributed by atoms with E-state index in [-0.39, 0.29) is 5.82 Å². The highest BCUT2D eigenvalue weighted by atomic mass is 19.1. The lowest BCUT2D eigenvalue weighted by Gasteiger charge is -2.09. The van der Waals surface area contributed by atoms with E-state index in [1.165, 1.54) is 6.07 Å². The van der Waals surface area contributed by atoms with E-state index in [0.717, 1.165) is 5.56 Å². The molecule has 1 aromatic heterocycles. The molecule has 84 valence electrons. The lowest BCUT2D eigenvalue weighted by atomic mass is 9.95. The van der Waals surface area contributed by atoms with Crippen LogP contribution in [0.2, 0.25) is 0 Å². The Hall–Kier alpha value is -2.28. The second-order valence-corrected chi connectivity index (χ2v) is 3.72. The molecule has 17 heavy (non-hydrogen) atoms. The Morgan fingerprint density at radius 1 is 1.35 bits per heavy atom. The van der Waals surface area contributed by atoms with Crippen molar-refractivity contribution in [2.24, 2.45) is 0 Å². The first-order valence-corrected chi connectivity index (χ1v) is 5.15. The minimum atomic E-state index is -0.511. The average Bonchev–Trinajstić information content (AvgIpc) is 2.36. The van der Waals surface area contributed by atoms with Gasteiger partial charge in [-0.15, -0.1) is 0 Å². The van der Waals surface area contributed by atoms with Crippen molar-refractivity contribution in [3.63, 3.8) is 0 Å². The molecule has 0 saturated heterocycles. The fourth-order valence-electron chi connectivity index (χ4n) is 1.63. The maximum atomic E-state index is 13.2. The van der Waals surface area contributed by atoms with Gasteiger partial charge in [0.2, 0.25) is 0 Å². The molecule has 1 aromatic carbocycles. The van der Waals surface area contributed by atoms with Gasteiger partial charge >= 0.3 is 0 Å². The van der Waals surface area contributed by atoms with Gasteiger partial charge in [0.1, 0.15) is 11.7 Å². The van der Waals surface area contributed by atoms with Crippen molar-refractivity contribution in [3.8, 4) is 6.07 Å². The van der Waals surface area contributed by atoms with Gasteiger partial charge < -0.3 is 0 Å². The predicted molar refractivity (Wildman–Crippen MR) is 60.6 cm³/mol. The highest BCUT2D eigenvalue weighted by molar-refractivity contribution is 5.36. The summed E-state index contributed by atoms with van der Waals surface area (Å²) in [6.07, 6.45) is 1.55. The minimum Gasteiger partial charge on any atom is -0.207 e. The van der Waals surface area contributed by atoms with Gasteiger partial charge in [-0.25, -0.2) is 4.39 Å². The third-order valence-electron chi connectivity index (χ3n) is 2.53. The van der Waals surface area contributed by atoms with Crippen LogP contribution in [0.3, 0.4) is 0 Å². The van der Waals surface area contributed by atoms with Crippen LogP contribution in [0.1, 0.15) is 22.7 Å². The number of halogens is 1. The monoisotopic (exact) mass is 227 g/mol. The molecular weight excluding hydrogens is 217 g/mol. The quantitative estimate of drug-likeness (QED) is 0.792. The largest absolute Gasteiger partial charge is 0.207 e. The number of benzene rings is 1. The van der Waals surface area contributed by atoms with Crippen LogP contribution in [-0.4, -0.2) is 10.2 Å². The Bertz CT molecular complexity index is 561. The molecule has 0 N–H and O–H groups in total. The van der Waals surface area contributed by atoms with Crippen molar-refractivity contribution in [3.05, 3.63) is 59.2 Å². The summed E-state index contributed by atoms with van der Waals surface area (Å²) in [6.45, 7) is 1.67. The minimum absolute atomic E-state index is 0.274. The van der Waals surface area contributed by atoms with Crippen LogP contribution in [0.25, 0.3) is 0 Å². The molecular formula is C13H10FN3. The third-order valence-corrected chi connectivity index (χ3v) is 2.53. The average molecular weight is 227 g/mol. The predicted octanol–water partition coefficient (Wildman–Crippen LogP) is 2.58. The number of nitriles is 1. The smallest absolute Gasteiger partial charge is 0.126 e. The molecule has 2 rings (SSSR count). The summed E-state index contributed by atoms with van der Waals surface area (Å²) in [5.74, 6) is -0.785. The van der Waals surface area contributed by atoms with E-state index in [2.05, 4.69) is 16.3 Å². The summed E-state index contributed by atoms with van der Waals surface area (Å²) in [4.78, 5) is 0. The van der Waals surface area contributed by atoms with E-state index >= 15 is 0 Å². The van der Waals surface area contributed by atoms with E-state index in [1.807, 2.05) is 0 Å². The van der Waals surface area contributed by atoms with Crippen LogP contribution in [0.4, 0.5) is 4.39 Å². The first-order chi connectivity index (χ1) is 8.22. The molecule has 0 amide bonds. The summed E-state index contributed by atoms with van der Waals surface area (Å²) in [5.41, 5.74) is 1.82. The second kappa shape index (κ2) is 4.71. The first kappa shape index (κ1) is 11.2. The van der Waals surface area contributed by atoms with Crippen LogP contribution in [0.5, 0.6) is 0 Å². The van der Waals surface area contributed by atoms with Gasteiger partial charge in [0.15, 0.2) is 0 Å². The molecule has 0 aliphatic rings. The molecule has 0 spiro atoms. The highest BCUT2D eigenvalue weighted by Crippen LogP contribution is 2.23. The van der Waals surface area contributed by atoms with Gasteiger partial charge in [0.05, 0.1) is 11.8 Å². The molecule has 4 heteroatoms. The molecule has 0 saturated carbocycles. The number of nitrogens with zero attached hydrogens (tertiary/aromatic N) is 3. The molecule has 3 nitrogen and oxygen atoms in total. The number of hydrogen-bond acceptors (Lipinski definition) is 3. The molecule has 1 atom stereocenters. The van der Waals surface area contributed by atoms with E-state index < -0.39 is 5.92 Å². The SMILES string of the molecule is Cc1cc(C(C#N)c2cccnn2)ccc1F. The molecule has 0 aliphatic carbocycles. The lowest BCUT2D eigenvalue weighted by molar-refractivity contribution is 0.617. The Balaban J connectivity index is 2.44. The van der Waals surface area contributed by atoms with Crippen molar-refractivity contribution in [2.75, 3.05) is 0 Å². The van der Waals surface area contributed by atoms with Crippen molar-refractivity contribution in [2.45, 2.75) is 12.8 Å². The van der Waals surface area contributed by atoms with Crippen LogP contribution in [0, 0.1) is 24.1 Å². The Morgan fingerprint density at radius 2 is 2.18 bits per heavy atom.